The van der Waals surface area contributed by atoms with Gasteiger partial charge >= 0.3 is 0 Å². The second-order valence-corrected chi connectivity index (χ2v) is 6.81. The normalized spacial score (nSPS) is 17.7. The quantitative estimate of drug-likeness (QED) is 0.829. The summed E-state index contributed by atoms with van der Waals surface area (Å²) in [6.07, 6.45) is 0. The Hall–Kier alpha value is -0.580. The summed E-state index contributed by atoms with van der Waals surface area (Å²) in [5.74, 6) is 2.54. The third-order valence-corrected chi connectivity index (χ3v) is 5.00. The average Bonchev–Trinajstić information content (AvgIpc) is 2.71. The summed E-state index contributed by atoms with van der Waals surface area (Å²) in [7, 11) is 0. The van der Waals surface area contributed by atoms with Crippen molar-refractivity contribution in [3.05, 3.63) is 28.8 Å². The van der Waals surface area contributed by atoms with Crippen LogP contribution in [0.4, 0.5) is 0 Å². The van der Waals surface area contributed by atoms with Gasteiger partial charge in [-0.05, 0) is 24.6 Å². The van der Waals surface area contributed by atoms with E-state index in [1.165, 1.54) is 39.9 Å². The van der Waals surface area contributed by atoms with Crippen molar-refractivity contribution in [3.63, 3.8) is 0 Å². The minimum atomic E-state index is 1.03. The van der Waals surface area contributed by atoms with Gasteiger partial charge in [0, 0.05) is 24.6 Å². The maximum atomic E-state index is 4.72. The Morgan fingerprint density at radius 1 is 1.29 bits per heavy atom. The van der Waals surface area contributed by atoms with Gasteiger partial charge in [0.25, 0.3) is 0 Å². The van der Waals surface area contributed by atoms with Crippen LogP contribution in [0, 0.1) is 6.92 Å². The number of rotatable bonds is 2. The van der Waals surface area contributed by atoms with E-state index in [1.54, 1.807) is 0 Å². The van der Waals surface area contributed by atoms with E-state index in [2.05, 4.69) is 41.8 Å². The Balaban J connectivity index is 1.80. The van der Waals surface area contributed by atoms with Crippen LogP contribution in [-0.2, 0) is 6.54 Å². The third-order valence-electron chi connectivity index (χ3n) is 3.05. The van der Waals surface area contributed by atoms with Crippen LogP contribution in [0.5, 0.6) is 0 Å². The van der Waals surface area contributed by atoms with E-state index in [-0.39, 0.29) is 0 Å². The summed E-state index contributed by atoms with van der Waals surface area (Å²) in [6.45, 7) is 5.58. The molecule has 1 saturated heterocycles. The molecule has 0 spiro atoms. The van der Waals surface area contributed by atoms with Crippen LogP contribution in [0.2, 0.25) is 0 Å². The molecule has 2 heterocycles. The molecule has 0 N–H and O–H groups in total. The lowest BCUT2D eigenvalue weighted by Gasteiger charge is -2.24. The third kappa shape index (κ3) is 2.64. The second-order valence-electron chi connectivity index (χ2n) is 4.47. The van der Waals surface area contributed by atoms with Crippen LogP contribution in [-0.4, -0.2) is 34.5 Å². The van der Waals surface area contributed by atoms with Gasteiger partial charge in [0.1, 0.15) is 5.01 Å². The van der Waals surface area contributed by atoms with Crippen molar-refractivity contribution in [2.75, 3.05) is 24.6 Å². The standard InChI is InChI=1S/C13H16N2S2/c1-10-2-3-11-12(8-10)17-13(14-11)9-15-4-6-16-7-5-15/h2-3,8H,4-7,9H2,1H3. The maximum absolute atomic E-state index is 4.72. The highest BCUT2D eigenvalue weighted by Gasteiger charge is 2.13. The molecule has 1 aliphatic heterocycles. The van der Waals surface area contributed by atoms with Gasteiger partial charge in [0.05, 0.1) is 16.8 Å². The maximum Gasteiger partial charge on any atom is 0.108 e. The molecule has 0 bridgehead atoms. The molecule has 0 radical (unpaired) electrons. The zero-order valence-electron chi connectivity index (χ0n) is 9.98. The average molecular weight is 264 g/mol. The predicted molar refractivity (Wildman–Crippen MR) is 77.0 cm³/mol. The van der Waals surface area contributed by atoms with Crippen LogP contribution in [0.3, 0.4) is 0 Å². The zero-order valence-corrected chi connectivity index (χ0v) is 11.6. The van der Waals surface area contributed by atoms with Gasteiger partial charge in [-0.3, -0.25) is 4.90 Å². The van der Waals surface area contributed by atoms with Gasteiger partial charge in [-0.15, -0.1) is 11.3 Å². The van der Waals surface area contributed by atoms with E-state index in [9.17, 15) is 0 Å². The number of thiazole rings is 1. The predicted octanol–water partition coefficient (Wildman–Crippen LogP) is 3.15. The minimum Gasteiger partial charge on any atom is -0.295 e. The summed E-state index contributed by atoms with van der Waals surface area (Å²) in [5.41, 5.74) is 2.48. The van der Waals surface area contributed by atoms with Crippen molar-refractivity contribution in [1.82, 2.24) is 9.88 Å². The van der Waals surface area contributed by atoms with E-state index in [4.69, 9.17) is 4.98 Å². The lowest BCUT2D eigenvalue weighted by Crippen LogP contribution is -2.31. The lowest BCUT2D eigenvalue weighted by atomic mass is 10.2. The molecule has 0 amide bonds. The van der Waals surface area contributed by atoms with Gasteiger partial charge in [-0.1, -0.05) is 6.07 Å². The molecule has 1 aromatic heterocycles. The van der Waals surface area contributed by atoms with Crippen LogP contribution in [0.1, 0.15) is 10.6 Å². The van der Waals surface area contributed by atoms with Crippen molar-refractivity contribution >= 4 is 33.3 Å². The topological polar surface area (TPSA) is 16.1 Å². The molecule has 90 valence electrons. The van der Waals surface area contributed by atoms with Crippen molar-refractivity contribution in [2.24, 2.45) is 0 Å². The molecular weight excluding hydrogens is 248 g/mol. The summed E-state index contributed by atoms with van der Waals surface area (Å²) in [5, 5.41) is 1.26. The Kier molecular flexibility index (Phi) is 3.36. The van der Waals surface area contributed by atoms with Crippen molar-refractivity contribution in [1.29, 1.82) is 0 Å². The molecule has 0 saturated carbocycles. The highest BCUT2D eigenvalue weighted by atomic mass is 32.2. The number of fused-ring (bicyclic) bond motifs is 1. The van der Waals surface area contributed by atoms with Gasteiger partial charge in [-0.2, -0.15) is 11.8 Å². The summed E-state index contributed by atoms with van der Waals surface area (Å²) in [4.78, 5) is 7.23. The lowest BCUT2D eigenvalue weighted by molar-refractivity contribution is 0.294. The Labute approximate surface area is 110 Å². The Bertz CT molecular complexity index is 515. The van der Waals surface area contributed by atoms with Crippen molar-refractivity contribution < 1.29 is 0 Å². The number of nitrogens with zero attached hydrogens (tertiary/aromatic N) is 2. The van der Waals surface area contributed by atoms with Crippen LogP contribution >= 0.6 is 23.1 Å². The SMILES string of the molecule is Cc1ccc2nc(CN3CCSCC3)sc2c1. The minimum absolute atomic E-state index is 1.03. The molecule has 3 rings (SSSR count). The number of thioether (sulfide) groups is 1. The molecule has 2 aromatic rings. The summed E-state index contributed by atoms with van der Waals surface area (Å²) in [6, 6.07) is 6.52. The Morgan fingerprint density at radius 3 is 2.94 bits per heavy atom. The van der Waals surface area contributed by atoms with E-state index in [0.717, 1.165) is 12.1 Å². The molecule has 0 atom stereocenters. The number of hydrogen-bond donors (Lipinski definition) is 0. The molecule has 1 fully saturated rings. The van der Waals surface area contributed by atoms with E-state index in [0.29, 0.717) is 0 Å². The molecule has 0 aliphatic carbocycles. The second kappa shape index (κ2) is 4.96. The molecule has 2 nitrogen and oxygen atoms in total. The van der Waals surface area contributed by atoms with E-state index in [1.807, 2.05) is 11.3 Å². The van der Waals surface area contributed by atoms with E-state index < -0.39 is 0 Å². The first-order valence-electron chi connectivity index (χ1n) is 5.97. The van der Waals surface area contributed by atoms with Gasteiger partial charge < -0.3 is 0 Å². The number of aromatic nitrogens is 1. The highest BCUT2D eigenvalue weighted by Crippen LogP contribution is 2.24. The zero-order chi connectivity index (χ0) is 11.7. The van der Waals surface area contributed by atoms with Gasteiger partial charge in [0.2, 0.25) is 0 Å². The molecular formula is C13H16N2S2. The summed E-state index contributed by atoms with van der Waals surface area (Å²) >= 11 is 3.90. The van der Waals surface area contributed by atoms with Crippen LogP contribution in [0.25, 0.3) is 10.2 Å². The fraction of sp³-hybridized carbons (Fsp3) is 0.462. The fourth-order valence-corrected chi connectivity index (χ4v) is 4.18. The van der Waals surface area contributed by atoms with Crippen LogP contribution < -0.4 is 0 Å². The first kappa shape index (κ1) is 11.5. The van der Waals surface area contributed by atoms with Gasteiger partial charge in [-0.25, -0.2) is 4.98 Å². The smallest absolute Gasteiger partial charge is 0.108 e. The van der Waals surface area contributed by atoms with Crippen LogP contribution in [0.15, 0.2) is 18.2 Å². The first-order valence-corrected chi connectivity index (χ1v) is 7.94. The largest absolute Gasteiger partial charge is 0.295 e. The summed E-state index contributed by atoms with van der Waals surface area (Å²) < 4.78 is 1.33. The first-order chi connectivity index (χ1) is 8.31. The number of aryl methyl sites for hydroxylation is 1. The monoisotopic (exact) mass is 264 g/mol. The Morgan fingerprint density at radius 2 is 2.12 bits per heavy atom. The fourth-order valence-electron chi connectivity index (χ4n) is 2.10. The molecule has 1 aliphatic rings. The molecule has 0 unspecified atom stereocenters. The number of benzene rings is 1. The van der Waals surface area contributed by atoms with Crippen molar-refractivity contribution in [3.8, 4) is 0 Å². The molecule has 17 heavy (non-hydrogen) atoms. The molecule has 4 heteroatoms. The number of hydrogen-bond acceptors (Lipinski definition) is 4. The molecule has 1 aromatic carbocycles. The highest BCUT2D eigenvalue weighted by molar-refractivity contribution is 7.99. The van der Waals surface area contributed by atoms with E-state index >= 15 is 0 Å². The van der Waals surface area contributed by atoms with Crippen molar-refractivity contribution in [2.45, 2.75) is 13.5 Å². The van der Waals surface area contributed by atoms with Gasteiger partial charge in [0.15, 0.2) is 0 Å².